The molecule has 3 aromatic rings. The minimum absolute atomic E-state index is 0.0830. The van der Waals surface area contributed by atoms with Gasteiger partial charge in [-0.15, -0.1) is 11.3 Å². The van der Waals surface area contributed by atoms with E-state index in [2.05, 4.69) is 0 Å². The van der Waals surface area contributed by atoms with Crippen LogP contribution >= 0.6 is 11.3 Å². The summed E-state index contributed by atoms with van der Waals surface area (Å²) in [6, 6.07) is 14.6. The smallest absolute Gasteiger partial charge is 0.346 e. The number of carboxylic acids is 1. The van der Waals surface area contributed by atoms with Crippen LogP contribution in [-0.4, -0.2) is 19.5 Å². The number of aryl methyl sites for hydroxylation is 2. The Morgan fingerprint density at radius 2 is 1.70 bits per heavy atom. The van der Waals surface area contributed by atoms with Gasteiger partial charge < -0.3 is 5.11 Å². The van der Waals surface area contributed by atoms with Gasteiger partial charge in [0.2, 0.25) is 0 Å². The zero-order valence-electron chi connectivity index (χ0n) is 15.3. The minimum atomic E-state index is -3.66. The van der Waals surface area contributed by atoms with Crippen molar-refractivity contribution >= 4 is 27.1 Å². The average molecular weight is 401 g/mol. The second-order valence-electron chi connectivity index (χ2n) is 6.56. The molecule has 0 unspecified atom stereocenters. The Hall–Kier alpha value is -2.44. The first kappa shape index (κ1) is 19.3. The molecular weight excluding hydrogens is 380 g/mol. The van der Waals surface area contributed by atoms with E-state index >= 15 is 0 Å². The highest BCUT2D eigenvalue weighted by molar-refractivity contribution is 7.90. The molecule has 1 N–H and O–H groups in total. The Balaban J connectivity index is 2.11. The van der Waals surface area contributed by atoms with E-state index < -0.39 is 15.8 Å². The fourth-order valence-corrected chi connectivity index (χ4v) is 6.16. The van der Waals surface area contributed by atoms with E-state index in [1.807, 2.05) is 43.3 Å². The molecule has 1 heterocycles. The maximum Gasteiger partial charge on any atom is 0.346 e. The standard InChI is InChI=1S/C21H20O4S2/c1-13-9-10-18(14(2)11-13)27(24,25)12-17-15(3)19(26-20(17)21(22)23)16-7-5-4-6-8-16/h4-11H,12H2,1-3H3,(H,22,23). The lowest BCUT2D eigenvalue weighted by Crippen LogP contribution is -2.10. The molecule has 0 spiro atoms. The van der Waals surface area contributed by atoms with Crippen LogP contribution in [0.25, 0.3) is 10.4 Å². The first-order valence-electron chi connectivity index (χ1n) is 8.41. The van der Waals surface area contributed by atoms with Gasteiger partial charge in [0, 0.05) is 4.88 Å². The molecule has 0 saturated heterocycles. The van der Waals surface area contributed by atoms with Crippen LogP contribution in [-0.2, 0) is 15.6 Å². The highest BCUT2D eigenvalue weighted by Crippen LogP contribution is 2.38. The van der Waals surface area contributed by atoms with E-state index in [1.165, 1.54) is 0 Å². The molecule has 0 amide bonds. The summed E-state index contributed by atoms with van der Waals surface area (Å²) in [5, 5.41) is 9.62. The molecule has 27 heavy (non-hydrogen) atoms. The van der Waals surface area contributed by atoms with Crippen molar-refractivity contribution in [3.63, 3.8) is 0 Å². The van der Waals surface area contributed by atoms with E-state index in [-0.39, 0.29) is 15.5 Å². The number of sulfone groups is 1. The summed E-state index contributed by atoms with van der Waals surface area (Å²) >= 11 is 1.13. The molecule has 2 aromatic carbocycles. The number of hydrogen-bond acceptors (Lipinski definition) is 4. The Morgan fingerprint density at radius 1 is 1.04 bits per heavy atom. The van der Waals surface area contributed by atoms with Crippen molar-refractivity contribution < 1.29 is 18.3 Å². The van der Waals surface area contributed by atoms with Gasteiger partial charge in [-0.2, -0.15) is 0 Å². The van der Waals surface area contributed by atoms with Crippen LogP contribution in [0.1, 0.15) is 31.9 Å². The molecule has 0 fully saturated rings. The number of aromatic carboxylic acids is 1. The fraction of sp³-hybridized carbons (Fsp3) is 0.190. The Labute approximate surface area is 163 Å². The van der Waals surface area contributed by atoms with Crippen molar-refractivity contribution in [2.24, 2.45) is 0 Å². The fourth-order valence-electron chi connectivity index (χ4n) is 3.18. The molecule has 0 atom stereocenters. The number of hydrogen-bond donors (Lipinski definition) is 1. The molecule has 0 radical (unpaired) electrons. The van der Waals surface area contributed by atoms with Crippen LogP contribution in [0.5, 0.6) is 0 Å². The van der Waals surface area contributed by atoms with Gasteiger partial charge in [0.25, 0.3) is 0 Å². The van der Waals surface area contributed by atoms with Crippen LogP contribution in [0.15, 0.2) is 53.4 Å². The average Bonchev–Trinajstić information content (AvgIpc) is 2.92. The zero-order chi connectivity index (χ0) is 19.8. The van der Waals surface area contributed by atoms with Crippen LogP contribution in [0.2, 0.25) is 0 Å². The summed E-state index contributed by atoms with van der Waals surface area (Å²) in [5.74, 6) is -1.43. The summed E-state index contributed by atoms with van der Waals surface area (Å²) < 4.78 is 26.0. The number of benzene rings is 2. The Kier molecular flexibility index (Phi) is 5.22. The van der Waals surface area contributed by atoms with Crippen molar-refractivity contribution in [2.45, 2.75) is 31.4 Å². The third kappa shape index (κ3) is 3.82. The van der Waals surface area contributed by atoms with Gasteiger partial charge in [-0.05, 0) is 49.1 Å². The third-order valence-corrected chi connectivity index (χ3v) is 7.67. The number of rotatable bonds is 5. The molecule has 6 heteroatoms. The molecule has 1 aromatic heterocycles. The topological polar surface area (TPSA) is 71.4 Å². The first-order valence-corrected chi connectivity index (χ1v) is 10.9. The Bertz CT molecular complexity index is 1110. The largest absolute Gasteiger partial charge is 0.477 e. The molecule has 3 rings (SSSR count). The molecule has 0 saturated carbocycles. The van der Waals surface area contributed by atoms with E-state index in [1.54, 1.807) is 26.0 Å². The van der Waals surface area contributed by atoms with Crippen LogP contribution < -0.4 is 0 Å². The highest BCUT2D eigenvalue weighted by atomic mass is 32.2. The van der Waals surface area contributed by atoms with Gasteiger partial charge in [-0.3, -0.25) is 0 Å². The van der Waals surface area contributed by atoms with Gasteiger partial charge in [0.1, 0.15) is 4.88 Å². The molecule has 4 nitrogen and oxygen atoms in total. The van der Waals surface area contributed by atoms with Crippen molar-refractivity contribution in [3.05, 3.63) is 75.7 Å². The molecule has 0 aliphatic rings. The van der Waals surface area contributed by atoms with E-state index in [0.29, 0.717) is 16.7 Å². The monoisotopic (exact) mass is 400 g/mol. The lowest BCUT2D eigenvalue weighted by molar-refractivity contribution is 0.0701. The first-order chi connectivity index (χ1) is 12.7. The highest BCUT2D eigenvalue weighted by Gasteiger charge is 2.27. The van der Waals surface area contributed by atoms with Crippen molar-refractivity contribution in [3.8, 4) is 10.4 Å². The van der Waals surface area contributed by atoms with E-state index in [0.717, 1.165) is 27.3 Å². The minimum Gasteiger partial charge on any atom is -0.477 e. The van der Waals surface area contributed by atoms with Gasteiger partial charge in [0.15, 0.2) is 9.84 Å². The number of carbonyl (C=O) groups is 1. The summed E-state index contributed by atoms with van der Waals surface area (Å²) in [5.41, 5.74) is 3.61. The second kappa shape index (κ2) is 7.29. The number of thiophene rings is 1. The summed E-state index contributed by atoms with van der Waals surface area (Å²) in [6.45, 7) is 5.45. The molecule has 140 valence electrons. The lowest BCUT2D eigenvalue weighted by atomic mass is 10.1. The van der Waals surface area contributed by atoms with Crippen molar-refractivity contribution in [2.75, 3.05) is 0 Å². The van der Waals surface area contributed by atoms with Gasteiger partial charge >= 0.3 is 5.97 Å². The van der Waals surface area contributed by atoms with Crippen LogP contribution in [0.3, 0.4) is 0 Å². The SMILES string of the molecule is Cc1ccc(S(=O)(=O)Cc2c(C(=O)O)sc(-c3ccccc3)c2C)c(C)c1. The maximum absolute atomic E-state index is 13.0. The Morgan fingerprint density at radius 3 is 2.30 bits per heavy atom. The second-order valence-corrected chi connectivity index (χ2v) is 9.54. The van der Waals surface area contributed by atoms with Gasteiger partial charge in [-0.1, -0.05) is 48.0 Å². The maximum atomic E-state index is 13.0. The molecular formula is C21H20O4S2. The molecule has 0 aliphatic carbocycles. The predicted octanol–water partition coefficient (Wildman–Crippen LogP) is 5.01. The van der Waals surface area contributed by atoms with E-state index in [9.17, 15) is 18.3 Å². The zero-order valence-corrected chi connectivity index (χ0v) is 16.9. The third-order valence-electron chi connectivity index (χ3n) is 4.50. The lowest BCUT2D eigenvalue weighted by Gasteiger charge is -2.10. The van der Waals surface area contributed by atoms with Gasteiger partial charge in [0.05, 0.1) is 10.6 Å². The van der Waals surface area contributed by atoms with Crippen molar-refractivity contribution in [1.29, 1.82) is 0 Å². The van der Waals surface area contributed by atoms with E-state index in [4.69, 9.17) is 0 Å². The van der Waals surface area contributed by atoms with Crippen LogP contribution in [0.4, 0.5) is 0 Å². The predicted molar refractivity (Wildman–Crippen MR) is 108 cm³/mol. The molecule has 0 aliphatic heterocycles. The summed E-state index contributed by atoms with van der Waals surface area (Å²) in [6.07, 6.45) is 0. The van der Waals surface area contributed by atoms with Crippen LogP contribution in [0, 0.1) is 20.8 Å². The number of carboxylic acid groups (broad SMARTS) is 1. The summed E-state index contributed by atoms with van der Waals surface area (Å²) in [7, 11) is -3.66. The quantitative estimate of drug-likeness (QED) is 0.653. The molecule has 0 bridgehead atoms. The van der Waals surface area contributed by atoms with Crippen molar-refractivity contribution in [1.82, 2.24) is 0 Å². The summed E-state index contributed by atoms with van der Waals surface area (Å²) in [4.78, 5) is 12.9. The normalized spacial score (nSPS) is 11.5. The van der Waals surface area contributed by atoms with Gasteiger partial charge in [-0.25, -0.2) is 13.2 Å².